The summed E-state index contributed by atoms with van der Waals surface area (Å²) in [6.45, 7) is 5.76. The molecular formula is C11H17NO2. The van der Waals surface area contributed by atoms with Crippen LogP contribution in [0, 0.1) is 11.8 Å². The van der Waals surface area contributed by atoms with Crippen LogP contribution in [0.1, 0.15) is 20.8 Å². The SMILES string of the molecule is CC1=CC(C(=O)O)C(N)(C(C)C)C=C1. The molecule has 0 fully saturated rings. The molecule has 0 aliphatic heterocycles. The first-order valence-corrected chi connectivity index (χ1v) is 4.77. The van der Waals surface area contributed by atoms with Gasteiger partial charge in [-0.05, 0) is 12.8 Å². The number of rotatable bonds is 2. The summed E-state index contributed by atoms with van der Waals surface area (Å²) < 4.78 is 0. The van der Waals surface area contributed by atoms with Gasteiger partial charge in [0.2, 0.25) is 0 Å². The summed E-state index contributed by atoms with van der Waals surface area (Å²) >= 11 is 0. The van der Waals surface area contributed by atoms with E-state index in [0.717, 1.165) is 5.57 Å². The zero-order valence-corrected chi connectivity index (χ0v) is 8.82. The number of hydrogen-bond donors (Lipinski definition) is 2. The molecule has 0 heterocycles. The molecule has 3 N–H and O–H groups in total. The lowest BCUT2D eigenvalue weighted by Crippen LogP contribution is -2.53. The van der Waals surface area contributed by atoms with Crippen molar-refractivity contribution in [3.05, 3.63) is 23.8 Å². The minimum absolute atomic E-state index is 0.101. The number of carboxylic acid groups (broad SMARTS) is 1. The van der Waals surface area contributed by atoms with Crippen LogP contribution in [0.3, 0.4) is 0 Å². The molecule has 1 aliphatic carbocycles. The maximum absolute atomic E-state index is 11.1. The fourth-order valence-electron chi connectivity index (χ4n) is 1.68. The van der Waals surface area contributed by atoms with Crippen LogP contribution in [0.15, 0.2) is 23.8 Å². The predicted molar refractivity (Wildman–Crippen MR) is 55.8 cm³/mol. The molecule has 1 rings (SSSR count). The Morgan fingerprint density at radius 3 is 2.64 bits per heavy atom. The molecule has 1 aliphatic rings. The Labute approximate surface area is 84.3 Å². The lowest BCUT2D eigenvalue weighted by molar-refractivity contribution is -0.142. The Morgan fingerprint density at radius 1 is 1.64 bits per heavy atom. The molecule has 14 heavy (non-hydrogen) atoms. The minimum atomic E-state index is -0.857. The predicted octanol–water partition coefficient (Wildman–Crippen LogP) is 1.56. The standard InChI is InChI=1S/C11H17NO2/c1-7(2)11(12)5-4-8(3)6-9(11)10(13)14/h4-7,9H,12H2,1-3H3,(H,13,14). The van der Waals surface area contributed by atoms with Crippen LogP contribution >= 0.6 is 0 Å². The number of hydrogen-bond acceptors (Lipinski definition) is 2. The summed E-state index contributed by atoms with van der Waals surface area (Å²) in [7, 11) is 0. The molecule has 0 aromatic rings. The first-order valence-electron chi connectivity index (χ1n) is 4.77. The van der Waals surface area contributed by atoms with Gasteiger partial charge in [0.05, 0.1) is 11.5 Å². The molecule has 78 valence electrons. The van der Waals surface area contributed by atoms with Gasteiger partial charge in [-0.2, -0.15) is 0 Å². The number of carbonyl (C=O) groups is 1. The van der Waals surface area contributed by atoms with Gasteiger partial charge in [-0.25, -0.2) is 0 Å². The van der Waals surface area contributed by atoms with E-state index < -0.39 is 17.4 Å². The van der Waals surface area contributed by atoms with Crippen LogP contribution in [0.25, 0.3) is 0 Å². The first-order chi connectivity index (χ1) is 6.38. The molecule has 0 saturated carbocycles. The molecule has 0 aromatic heterocycles. The van der Waals surface area contributed by atoms with Crippen LogP contribution in [0.2, 0.25) is 0 Å². The highest BCUT2D eigenvalue weighted by Crippen LogP contribution is 2.31. The van der Waals surface area contributed by atoms with Gasteiger partial charge in [0.25, 0.3) is 0 Å². The fourth-order valence-corrected chi connectivity index (χ4v) is 1.68. The Bertz CT molecular complexity index is 304. The number of nitrogens with two attached hydrogens (primary N) is 1. The van der Waals surface area contributed by atoms with Crippen LogP contribution in [0.4, 0.5) is 0 Å². The van der Waals surface area contributed by atoms with Gasteiger partial charge in [0, 0.05) is 0 Å². The Kier molecular flexibility index (Phi) is 2.81. The Hall–Kier alpha value is -1.09. The van der Waals surface area contributed by atoms with Crippen molar-refractivity contribution in [3.8, 4) is 0 Å². The van der Waals surface area contributed by atoms with E-state index in [-0.39, 0.29) is 5.92 Å². The second-order valence-electron chi connectivity index (χ2n) is 4.21. The largest absolute Gasteiger partial charge is 0.481 e. The third-order valence-electron chi connectivity index (χ3n) is 2.87. The van der Waals surface area contributed by atoms with Crippen LogP contribution in [-0.4, -0.2) is 16.6 Å². The zero-order chi connectivity index (χ0) is 10.9. The zero-order valence-electron chi connectivity index (χ0n) is 8.82. The van der Waals surface area contributed by atoms with Gasteiger partial charge in [-0.1, -0.05) is 37.6 Å². The van der Waals surface area contributed by atoms with Crippen molar-refractivity contribution in [1.29, 1.82) is 0 Å². The molecule has 2 atom stereocenters. The smallest absolute Gasteiger partial charge is 0.312 e. The van der Waals surface area contributed by atoms with E-state index in [4.69, 9.17) is 10.8 Å². The van der Waals surface area contributed by atoms with Gasteiger partial charge in [-0.3, -0.25) is 4.79 Å². The molecule has 0 saturated heterocycles. The third-order valence-corrected chi connectivity index (χ3v) is 2.87. The average Bonchev–Trinajstić information content (AvgIpc) is 2.08. The van der Waals surface area contributed by atoms with Gasteiger partial charge >= 0.3 is 5.97 Å². The minimum Gasteiger partial charge on any atom is -0.481 e. The van der Waals surface area contributed by atoms with Gasteiger partial charge in [-0.15, -0.1) is 0 Å². The molecule has 0 bridgehead atoms. The Balaban J connectivity index is 3.09. The highest BCUT2D eigenvalue weighted by atomic mass is 16.4. The molecule has 0 aromatic carbocycles. The summed E-state index contributed by atoms with van der Waals surface area (Å²) in [5.74, 6) is -1.37. The maximum atomic E-state index is 11.1. The van der Waals surface area contributed by atoms with Crippen molar-refractivity contribution >= 4 is 5.97 Å². The summed E-state index contributed by atoms with van der Waals surface area (Å²) in [6.07, 6.45) is 5.42. The summed E-state index contributed by atoms with van der Waals surface area (Å²) in [4.78, 5) is 11.1. The van der Waals surface area contributed by atoms with Gasteiger partial charge in [0.15, 0.2) is 0 Å². The van der Waals surface area contributed by atoms with E-state index in [9.17, 15) is 4.79 Å². The van der Waals surface area contributed by atoms with Crippen molar-refractivity contribution in [2.75, 3.05) is 0 Å². The second kappa shape index (κ2) is 3.58. The third kappa shape index (κ3) is 1.73. The van der Waals surface area contributed by atoms with Gasteiger partial charge < -0.3 is 10.8 Å². The molecule has 3 nitrogen and oxygen atoms in total. The lowest BCUT2D eigenvalue weighted by Gasteiger charge is -2.36. The molecule has 0 amide bonds. The summed E-state index contributed by atoms with van der Waals surface area (Å²) in [5.41, 5.74) is 6.30. The van der Waals surface area contributed by atoms with E-state index in [1.165, 1.54) is 0 Å². The Morgan fingerprint density at radius 2 is 2.21 bits per heavy atom. The van der Waals surface area contributed by atoms with Crippen LogP contribution in [0.5, 0.6) is 0 Å². The molecule has 2 unspecified atom stereocenters. The molecular weight excluding hydrogens is 178 g/mol. The molecule has 0 spiro atoms. The van der Waals surface area contributed by atoms with Crippen molar-refractivity contribution in [1.82, 2.24) is 0 Å². The number of allylic oxidation sites excluding steroid dienone is 2. The van der Waals surface area contributed by atoms with Crippen molar-refractivity contribution in [3.63, 3.8) is 0 Å². The van der Waals surface area contributed by atoms with E-state index in [1.807, 2.05) is 32.9 Å². The highest BCUT2D eigenvalue weighted by molar-refractivity contribution is 5.75. The summed E-state index contributed by atoms with van der Waals surface area (Å²) in [5, 5.41) is 9.08. The van der Waals surface area contributed by atoms with Crippen molar-refractivity contribution in [2.24, 2.45) is 17.6 Å². The summed E-state index contributed by atoms with van der Waals surface area (Å²) in [6, 6.07) is 0. The lowest BCUT2D eigenvalue weighted by atomic mass is 9.72. The average molecular weight is 195 g/mol. The first kappa shape index (κ1) is 11.0. The monoisotopic (exact) mass is 195 g/mol. The molecule has 3 heteroatoms. The second-order valence-corrected chi connectivity index (χ2v) is 4.21. The molecule has 0 radical (unpaired) electrons. The van der Waals surface area contributed by atoms with Crippen molar-refractivity contribution in [2.45, 2.75) is 26.3 Å². The number of aliphatic carboxylic acids is 1. The fraction of sp³-hybridized carbons (Fsp3) is 0.545. The van der Waals surface area contributed by atoms with Gasteiger partial charge in [0.1, 0.15) is 0 Å². The maximum Gasteiger partial charge on any atom is 0.312 e. The quantitative estimate of drug-likeness (QED) is 0.702. The number of carboxylic acids is 1. The van der Waals surface area contributed by atoms with E-state index in [2.05, 4.69) is 0 Å². The normalized spacial score (nSPS) is 31.8. The van der Waals surface area contributed by atoms with E-state index in [1.54, 1.807) is 6.08 Å². The van der Waals surface area contributed by atoms with Crippen molar-refractivity contribution < 1.29 is 9.90 Å². The van der Waals surface area contributed by atoms with E-state index in [0.29, 0.717) is 0 Å². The highest BCUT2D eigenvalue weighted by Gasteiger charge is 2.40. The van der Waals surface area contributed by atoms with Crippen LogP contribution < -0.4 is 5.73 Å². The topological polar surface area (TPSA) is 63.3 Å². The van der Waals surface area contributed by atoms with Crippen LogP contribution in [-0.2, 0) is 4.79 Å². The van der Waals surface area contributed by atoms with E-state index >= 15 is 0 Å².